The predicted octanol–water partition coefficient (Wildman–Crippen LogP) is 2.31. The van der Waals surface area contributed by atoms with Crippen LogP contribution in [-0.2, 0) is 9.84 Å². The molecule has 6 nitrogen and oxygen atoms in total. The molecule has 0 aliphatic carbocycles. The standard InChI is InChI=1S/C18H18N2O4S/c1-24-17-10-6-5-9-14(17)20-16-12-25(22,23)11-15(16)19(18(20)21)13-7-3-2-4-8-13/h2-10,15-16H,11-12H2,1H3/t15-,16+/m1/s1. The highest BCUT2D eigenvalue weighted by Crippen LogP contribution is 2.40. The van der Waals surface area contributed by atoms with Crippen LogP contribution in [0.15, 0.2) is 54.6 Å². The van der Waals surface area contributed by atoms with Gasteiger partial charge in [-0.1, -0.05) is 30.3 Å². The third kappa shape index (κ3) is 2.55. The highest BCUT2D eigenvalue weighted by Gasteiger charge is 2.54. The summed E-state index contributed by atoms with van der Waals surface area (Å²) in [6, 6.07) is 15.3. The Morgan fingerprint density at radius 3 is 2.20 bits per heavy atom. The summed E-state index contributed by atoms with van der Waals surface area (Å²) in [5.41, 5.74) is 1.30. The molecular weight excluding hydrogens is 340 g/mol. The van der Waals surface area contributed by atoms with E-state index in [1.807, 2.05) is 42.5 Å². The van der Waals surface area contributed by atoms with Gasteiger partial charge in [0.05, 0.1) is 36.4 Å². The first-order valence-corrected chi connectivity index (χ1v) is 9.85. The number of rotatable bonds is 3. The van der Waals surface area contributed by atoms with Crippen molar-refractivity contribution in [1.29, 1.82) is 0 Å². The van der Waals surface area contributed by atoms with Crippen LogP contribution < -0.4 is 14.5 Å². The third-order valence-corrected chi connectivity index (χ3v) is 6.45. The van der Waals surface area contributed by atoms with Crippen LogP contribution in [0.4, 0.5) is 16.2 Å². The van der Waals surface area contributed by atoms with Crippen molar-refractivity contribution in [2.45, 2.75) is 12.1 Å². The van der Waals surface area contributed by atoms with Crippen molar-refractivity contribution in [2.24, 2.45) is 0 Å². The van der Waals surface area contributed by atoms with E-state index in [0.717, 1.165) is 0 Å². The predicted molar refractivity (Wildman–Crippen MR) is 96.0 cm³/mol. The number of hydrogen-bond acceptors (Lipinski definition) is 4. The Bertz CT molecular complexity index is 914. The molecule has 2 aliphatic rings. The normalized spacial score (nSPS) is 24.4. The van der Waals surface area contributed by atoms with Gasteiger partial charge in [-0.25, -0.2) is 13.2 Å². The number of anilines is 2. The molecule has 2 aromatic rings. The summed E-state index contributed by atoms with van der Waals surface area (Å²) in [6.45, 7) is 0. The van der Waals surface area contributed by atoms with Crippen molar-refractivity contribution in [3.63, 3.8) is 0 Å². The fraction of sp³-hybridized carbons (Fsp3) is 0.278. The maximum absolute atomic E-state index is 13.2. The SMILES string of the molecule is COc1ccccc1N1C(=O)N(c2ccccc2)[C@@H]2CS(=O)(=O)C[C@@H]21. The van der Waals surface area contributed by atoms with Crippen molar-refractivity contribution >= 4 is 27.2 Å². The summed E-state index contributed by atoms with van der Waals surface area (Å²) < 4.78 is 29.9. The summed E-state index contributed by atoms with van der Waals surface area (Å²) >= 11 is 0. The van der Waals surface area contributed by atoms with Gasteiger partial charge in [0.15, 0.2) is 9.84 Å². The quantitative estimate of drug-likeness (QED) is 0.790. The van der Waals surface area contributed by atoms with Crippen LogP contribution in [-0.4, -0.2) is 45.1 Å². The maximum Gasteiger partial charge on any atom is 0.329 e. The molecule has 2 aliphatic heterocycles. The van der Waals surface area contributed by atoms with E-state index >= 15 is 0 Å². The lowest BCUT2D eigenvalue weighted by Gasteiger charge is -2.24. The Balaban J connectivity index is 1.84. The molecule has 25 heavy (non-hydrogen) atoms. The minimum Gasteiger partial charge on any atom is -0.495 e. The van der Waals surface area contributed by atoms with Crippen molar-refractivity contribution in [1.82, 2.24) is 0 Å². The number of para-hydroxylation sites is 3. The van der Waals surface area contributed by atoms with Gasteiger partial charge in [0.1, 0.15) is 5.75 Å². The van der Waals surface area contributed by atoms with E-state index in [1.54, 1.807) is 21.9 Å². The van der Waals surface area contributed by atoms with Gasteiger partial charge in [0.2, 0.25) is 0 Å². The molecule has 0 saturated carbocycles. The Morgan fingerprint density at radius 2 is 1.52 bits per heavy atom. The number of carbonyl (C=O) groups is 1. The number of hydrogen-bond donors (Lipinski definition) is 0. The fourth-order valence-electron chi connectivity index (χ4n) is 3.70. The molecule has 2 amide bonds. The van der Waals surface area contributed by atoms with E-state index in [-0.39, 0.29) is 17.5 Å². The third-order valence-electron chi connectivity index (χ3n) is 4.75. The molecular formula is C18H18N2O4S. The van der Waals surface area contributed by atoms with Crippen LogP contribution in [0.3, 0.4) is 0 Å². The zero-order chi connectivity index (χ0) is 17.6. The first-order valence-electron chi connectivity index (χ1n) is 8.03. The number of nitrogens with zero attached hydrogens (tertiary/aromatic N) is 2. The average molecular weight is 358 g/mol. The van der Waals surface area contributed by atoms with Crippen LogP contribution in [0.5, 0.6) is 5.75 Å². The summed E-state index contributed by atoms with van der Waals surface area (Å²) in [5, 5.41) is 0. The van der Waals surface area contributed by atoms with Gasteiger partial charge in [-0.3, -0.25) is 9.80 Å². The number of sulfone groups is 1. The highest BCUT2D eigenvalue weighted by atomic mass is 32.2. The first-order chi connectivity index (χ1) is 12.0. The molecule has 2 fully saturated rings. The van der Waals surface area contributed by atoms with E-state index in [0.29, 0.717) is 17.1 Å². The number of urea groups is 1. The van der Waals surface area contributed by atoms with Crippen molar-refractivity contribution in [3.8, 4) is 5.75 Å². The minimum absolute atomic E-state index is 0.0239. The van der Waals surface area contributed by atoms with E-state index < -0.39 is 21.9 Å². The molecule has 2 atom stereocenters. The van der Waals surface area contributed by atoms with Gasteiger partial charge >= 0.3 is 6.03 Å². The number of amides is 2. The van der Waals surface area contributed by atoms with Crippen LogP contribution >= 0.6 is 0 Å². The summed E-state index contributed by atoms with van der Waals surface area (Å²) in [6.07, 6.45) is 0. The largest absolute Gasteiger partial charge is 0.495 e. The monoisotopic (exact) mass is 358 g/mol. The number of carbonyl (C=O) groups excluding carboxylic acids is 1. The lowest BCUT2D eigenvalue weighted by atomic mass is 10.1. The lowest BCUT2D eigenvalue weighted by molar-refractivity contribution is 0.255. The van der Waals surface area contributed by atoms with Gasteiger partial charge in [-0.05, 0) is 24.3 Å². The minimum atomic E-state index is -3.21. The van der Waals surface area contributed by atoms with Gasteiger partial charge in [-0.15, -0.1) is 0 Å². The Labute approximate surface area is 146 Å². The Morgan fingerprint density at radius 1 is 0.920 bits per heavy atom. The molecule has 2 heterocycles. The van der Waals surface area contributed by atoms with E-state index in [4.69, 9.17) is 4.74 Å². The molecule has 0 aromatic heterocycles. The van der Waals surface area contributed by atoms with Crippen LogP contribution in [0.2, 0.25) is 0 Å². The fourth-order valence-corrected chi connectivity index (χ4v) is 5.62. The van der Waals surface area contributed by atoms with Gasteiger partial charge < -0.3 is 4.74 Å². The Hall–Kier alpha value is -2.54. The van der Waals surface area contributed by atoms with Crippen LogP contribution in [0.25, 0.3) is 0 Å². The van der Waals surface area contributed by atoms with E-state index in [1.165, 1.54) is 7.11 Å². The molecule has 7 heteroatoms. The molecule has 0 N–H and O–H groups in total. The first kappa shape index (κ1) is 16.0. The number of methoxy groups -OCH3 is 1. The molecule has 130 valence electrons. The summed E-state index contributed by atoms with van der Waals surface area (Å²) in [5.74, 6) is 0.489. The molecule has 0 bridgehead atoms. The zero-order valence-corrected chi connectivity index (χ0v) is 14.5. The second-order valence-electron chi connectivity index (χ2n) is 6.24. The van der Waals surface area contributed by atoms with Crippen LogP contribution in [0, 0.1) is 0 Å². The molecule has 2 aromatic carbocycles. The summed E-state index contributed by atoms with van der Waals surface area (Å²) in [4.78, 5) is 16.4. The maximum atomic E-state index is 13.2. The topological polar surface area (TPSA) is 66.9 Å². The lowest BCUT2D eigenvalue weighted by Crippen LogP contribution is -2.38. The molecule has 4 rings (SSSR count). The van der Waals surface area contributed by atoms with Crippen molar-refractivity contribution in [2.75, 3.05) is 28.4 Å². The second-order valence-corrected chi connectivity index (χ2v) is 8.40. The zero-order valence-electron chi connectivity index (χ0n) is 13.7. The molecule has 0 spiro atoms. The number of fused-ring (bicyclic) bond motifs is 1. The van der Waals surface area contributed by atoms with E-state index in [9.17, 15) is 13.2 Å². The molecule has 2 saturated heterocycles. The highest BCUT2D eigenvalue weighted by molar-refractivity contribution is 7.91. The van der Waals surface area contributed by atoms with E-state index in [2.05, 4.69) is 0 Å². The second kappa shape index (κ2) is 5.77. The number of ether oxygens (including phenoxy) is 1. The number of benzene rings is 2. The smallest absolute Gasteiger partial charge is 0.329 e. The summed E-state index contributed by atoms with van der Waals surface area (Å²) in [7, 11) is -1.67. The van der Waals surface area contributed by atoms with Gasteiger partial charge in [-0.2, -0.15) is 0 Å². The average Bonchev–Trinajstić information content (AvgIpc) is 3.04. The van der Waals surface area contributed by atoms with Crippen LogP contribution in [0.1, 0.15) is 0 Å². The van der Waals surface area contributed by atoms with Crippen molar-refractivity contribution in [3.05, 3.63) is 54.6 Å². The van der Waals surface area contributed by atoms with Gasteiger partial charge in [0, 0.05) is 5.69 Å². The Kier molecular flexibility index (Phi) is 3.68. The van der Waals surface area contributed by atoms with Crippen molar-refractivity contribution < 1.29 is 17.9 Å². The molecule has 0 unspecified atom stereocenters. The molecule has 0 radical (unpaired) electrons. The van der Waals surface area contributed by atoms with Gasteiger partial charge in [0.25, 0.3) is 0 Å².